The normalized spacial score (nSPS) is 20.4. The standard InChI is InChI=1S/C23H28N4S/c1-4-6-18(5-2)16-28-27-15-19(11-17(27)3)14-26-10-9-21-12-20(22(25)13-24)7-8-23(21)26/h4-10,12-13,17,19,24-25H,1-2,11,14-16H2,3H3/b18-6+,24-13?,25-22?. The van der Waals surface area contributed by atoms with Crippen molar-refractivity contribution in [1.29, 1.82) is 10.8 Å². The summed E-state index contributed by atoms with van der Waals surface area (Å²) in [4.78, 5) is 0. The van der Waals surface area contributed by atoms with Crippen molar-refractivity contribution in [2.24, 2.45) is 5.92 Å². The average Bonchev–Trinajstić information content (AvgIpc) is 3.27. The first kappa shape index (κ1) is 20.4. The Morgan fingerprint density at radius 2 is 2.14 bits per heavy atom. The molecule has 0 aliphatic carbocycles. The smallest absolute Gasteiger partial charge is 0.0787 e. The highest BCUT2D eigenvalue weighted by atomic mass is 32.2. The predicted octanol–water partition coefficient (Wildman–Crippen LogP) is 5.32. The van der Waals surface area contributed by atoms with Crippen LogP contribution in [0.3, 0.4) is 0 Å². The molecule has 28 heavy (non-hydrogen) atoms. The number of nitrogens with one attached hydrogen (secondary N) is 2. The van der Waals surface area contributed by atoms with Crippen molar-refractivity contribution < 1.29 is 0 Å². The molecule has 2 aromatic rings. The number of rotatable bonds is 9. The molecule has 1 aliphatic heterocycles. The molecule has 5 heteroatoms. The second-order valence-electron chi connectivity index (χ2n) is 7.30. The molecule has 1 saturated heterocycles. The maximum Gasteiger partial charge on any atom is 0.0787 e. The van der Waals surface area contributed by atoms with Gasteiger partial charge in [0.05, 0.1) is 5.71 Å². The average molecular weight is 393 g/mol. The molecule has 0 bridgehead atoms. The fourth-order valence-electron chi connectivity index (χ4n) is 3.79. The van der Waals surface area contributed by atoms with Gasteiger partial charge in [-0.2, -0.15) is 0 Å². The van der Waals surface area contributed by atoms with E-state index in [1.165, 1.54) is 17.5 Å². The number of nitrogens with zero attached hydrogens (tertiary/aromatic N) is 2. The third kappa shape index (κ3) is 4.54. The van der Waals surface area contributed by atoms with Crippen molar-refractivity contribution in [3.8, 4) is 0 Å². The monoisotopic (exact) mass is 392 g/mol. The Kier molecular flexibility index (Phi) is 6.70. The van der Waals surface area contributed by atoms with Crippen LogP contribution in [0.25, 0.3) is 10.9 Å². The van der Waals surface area contributed by atoms with Crippen LogP contribution < -0.4 is 0 Å². The third-order valence-corrected chi connectivity index (χ3v) is 6.58. The largest absolute Gasteiger partial charge is 0.347 e. The summed E-state index contributed by atoms with van der Waals surface area (Å²) < 4.78 is 4.83. The van der Waals surface area contributed by atoms with Crippen LogP contribution in [0, 0.1) is 16.7 Å². The molecule has 1 aromatic carbocycles. The summed E-state index contributed by atoms with van der Waals surface area (Å²) in [5.74, 6) is 1.55. The van der Waals surface area contributed by atoms with E-state index in [2.05, 4.69) is 47.3 Å². The van der Waals surface area contributed by atoms with Gasteiger partial charge in [-0.15, -0.1) is 0 Å². The summed E-state index contributed by atoms with van der Waals surface area (Å²) in [6.07, 6.45) is 10.2. The molecule has 1 aromatic heterocycles. The third-order valence-electron chi connectivity index (χ3n) is 5.28. The van der Waals surface area contributed by atoms with E-state index in [0.29, 0.717) is 12.0 Å². The Bertz CT molecular complexity index is 924. The van der Waals surface area contributed by atoms with Gasteiger partial charge in [0.1, 0.15) is 0 Å². The zero-order valence-electron chi connectivity index (χ0n) is 16.4. The minimum atomic E-state index is 0.247. The first-order valence-corrected chi connectivity index (χ1v) is 10.5. The van der Waals surface area contributed by atoms with Crippen LogP contribution in [0.2, 0.25) is 0 Å². The van der Waals surface area contributed by atoms with Crippen molar-refractivity contribution in [2.45, 2.75) is 25.9 Å². The minimum Gasteiger partial charge on any atom is -0.347 e. The van der Waals surface area contributed by atoms with Gasteiger partial charge in [-0.05, 0) is 43.0 Å². The molecule has 1 aliphatic rings. The summed E-state index contributed by atoms with van der Waals surface area (Å²) in [7, 11) is 0. The Morgan fingerprint density at radius 3 is 2.86 bits per heavy atom. The molecule has 0 amide bonds. The van der Waals surface area contributed by atoms with Gasteiger partial charge < -0.3 is 9.98 Å². The number of benzene rings is 1. The Balaban J connectivity index is 1.65. The highest BCUT2D eigenvalue weighted by Gasteiger charge is 2.29. The fraction of sp³-hybridized carbons (Fsp3) is 0.304. The fourth-order valence-corrected chi connectivity index (χ4v) is 4.98. The lowest BCUT2D eigenvalue weighted by atomic mass is 10.1. The molecule has 2 N–H and O–H groups in total. The van der Waals surface area contributed by atoms with Crippen LogP contribution in [0.15, 0.2) is 67.4 Å². The van der Waals surface area contributed by atoms with E-state index in [1.807, 2.05) is 42.3 Å². The molecule has 2 heterocycles. The Morgan fingerprint density at radius 1 is 1.32 bits per heavy atom. The van der Waals surface area contributed by atoms with Crippen LogP contribution in [0.1, 0.15) is 18.9 Å². The lowest BCUT2D eigenvalue weighted by Crippen LogP contribution is -2.20. The maximum absolute atomic E-state index is 7.82. The molecule has 146 valence electrons. The van der Waals surface area contributed by atoms with E-state index >= 15 is 0 Å². The van der Waals surface area contributed by atoms with Gasteiger partial charge in [0.2, 0.25) is 0 Å². The Labute approximate surface area is 171 Å². The molecule has 0 spiro atoms. The van der Waals surface area contributed by atoms with Gasteiger partial charge in [0.25, 0.3) is 0 Å². The summed E-state index contributed by atoms with van der Waals surface area (Å²) in [6, 6.07) is 8.68. The Hall–Kier alpha value is -2.37. The van der Waals surface area contributed by atoms with Crippen molar-refractivity contribution in [3.05, 3.63) is 73.0 Å². The van der Waals surface area contributed by atoms with Gasteiger partial charge in [-0.25, -0.2) is 4.31 Å². The van der Waals surface area contributed by atoms with Crippen molar-refractivity contribution in [3.63, 3.8) is 0 Å². The van der Waals surface area contributed by atoms with Gasteiger partial charge in [-0.3, -0.25) is 5.41 Å². The molecule has 4 nitrogen and oxygen atoms in total. The second kappa shape index (κ2) is 9.22. The van der Waals surface area contributed by atoms with Gasteiger partial charge in [0.15, 0.2) is 0 Å². The maximum atomic E-state index is 7.82. The van der Waals surface area contributed by atoms with E-state index in [9.17, 15) is 0 Å². The SMILES string of the molecule is C=C/C=C(\C=C)CSN1CC(Cn2ccc3cc(C(=N)C=N)ccc32)CC1C. The molecule has 0 radical (unpaired) electrons. The minimum absolute atomic E-state index is 0.247. The highest BCUT2D eigenvalue weighted by molar-refractivity contribution is 7.97. The van der Waals surface area contributed by atoms with Gasteiger partial charge in [-0.1, -0.05) is 49.4 Å². The van der Waals surface area contributed by atoms with E-state index in [0.717, 1.165) is 36.0 Å². The lowest BCUT2D eigenvalue weighted by Gasteiger charge is -2.20. The molecule has 0 saturated carbocycles. The van der Waals surface area contributed by atoms with Crippen molar-refractivity contribution >= 4 is 34.8 Å². The molecule has 1 fully saturated rings. The van der Waals surface area contributed by atoms with Crippen LogP contribution in [0.4, 0.5) is 0 Å². The highest BCUT2D eigenvalue weighted by Crippen LogP contribution is 2.32. The number of aromatic nitrogens is 1. The molecular weight excluding hydrogens is 364 g/mol. The topological polar surface area (TPSA) is 55.9 Å². The van der Waals surface area contributed by atoms with Crippen molar-refractivity contribution in [2.75, 3.05) is 12.3 Å². The lowest BCUT2D eigenvalue weighted by molar-refractivity contribution is 0.451. The molecule has 2 unspecified atom stereocenters. The van der Waals surface area contributed by atoms with Crippen molar-refractivity contribution in [1.82, 2.24) is 8.87 Å². The van der Waals surface area contributed by atoms with Crippen LogP contribution in [-0.4, -0.2) is 39.1 Å². The number of hydrogen-bond donors (Lipinski definition) is 2. The quantitative estimate of drug-likeness (QED) is 0.345. The van der Waals surface area contributed by atoms with Gasteiger partial charge in [0, 0.05) is 53.8 Å². The number of allylic oxidation sites excluding steroid dienone is 3. The van der Waals surface area contributed by atoms with E-state index in [1.54, 1.807) is 0 Å². The predicted molar refractivity (Wildman–Crippen MR) is 123 cm³/mol. The van der Waals surface area contributed by atoms with Crippen LogP contribution >= 0.6 is 11.9 Å². The zero-order valence-corrected chi connectivity index (χ0v) is 17.2. The number of hydrogen-bond acceptors (Lipinski definition) is 4. The molecular formula is C23H28N4S. The van der Waals surface area contributed by atoms with Crippen LogP contribution in [0.5, 0.6) is 0 Å². The van der Waals surface area contributed by atoms with Gasteiger partial charge >= 0.3 is 0 Å². The second-order valence-corrected chi connectivity index (χ2v) is 8.32. The number of fused-ring (bicyclic) bond motifs is 1. The first-order chi connectivity index (χ1) is 13.5. The van der Waals surface area contributed by atoms with E-state index < -0.39 is 0 Å². The first-order valence-electron chi connectivity index (χ1n) is 9.57. The van der Waals surface area contributed by atoms with Crippen LogP contribution in [-0.2, 0) is 6.54 Å². The molecule has 3 rings (SSSR count). The summed E-state index contributed by atoms with van der Waals surface area (Å²) in [6.45, 7) is 12.0. The van der Waals surface area contributed by atoms with E-state index in [4.69, 9.17) is 10.8 Å². The molecule has 2 atom stereocenters. The summed E-state index contributed by atoms with van der Waals surface area (Å²) in [5.41, 5.74) is 3.45. The summed E-state index contributed by atoms with van der Waals surface area (Å²) >= 11 is 1.88. The van der Waals surface area contributed by atoms with E-state index in [-0.39, 0.29) is 5.71 Å². The summed E-state index contributed by atoms with van der Waals surface area (Å²) in [5, 5.41) is 16.2. The zero-order chi connectivity index (χ0) is 20.1.